The van der Waals surface area contributed by atoms with E-state index >= 15 is 0 Å². The largest absolute Gasteiger partial charge is 0.497 e. The maximum absolute atomic E-state index is 9.93. The number of benzene rings is 2. The first-order chi connectivity index (χ1) is 13.6. The van der Waals surface area contributed by atoms with E-state index in [0.29, 0.717) is 6.54 Å². The molecule has 146 valence electrons. The summed E-state index contributed by atoms with van der Waals surface area (Å²) in [5.74, 6) is 1.54. The molecule has 5 heteroatoms. The Hall–Kier alpha value is -2.63. The number of para-hydroxylation sites is 1. The van der Waals surface area contributed by atoms with E-state index in [4.69, 9.17) is 14.5 Å². The minimum atomic E-state index is -0.245. The fraction of sp³-hybridized carbons (Fsp3) is 0.348. The summed E-state index contributed by atoms with van der Waals surface area (Å²) < 4.78 is 11.1. The normalized spacial score (nSPS) is 17.2. The van der Waals surface area contributed by atoms with Crippen molar-refractivity contribution in [3.63, 3.8) is 0 Å². The second kappa shape index (κ2) is 7.78. The van der Waals surface area contributed by atoms with Gasteiger partial charge in [-0.2, -0.15) is 0 Å². The second-order valence-electron chi connectivity index (χ2n) is 7.39. The van der Waals surface area contributed by atoms with Gasteiger partial charge in [-0.1, -0.05) is 18.2 Å². The molecule has 2 heterocycles. The first-order valence-electron chi connectivity index (χ1n) is 9.61. The molecule has 4 rings (SSSR count). The van der Waals surface area contributed by atoms with Crippen LogP contribution in [0, 0.1) is 6.92 Å². The summed E-state index contributed by atoms with van der Waals surface area (Å²) >= 11 is 0. The molecular weight excluding hydrogens is 352 g/mol. The lowest BCUT2D eigenvalue weighted by molar-refractivity contribution is 0.175. The molecule has 0 aliphatic carbocycles. The van der Waals surface area contributed by atoms with Crippen LogP contribution in [0.15, 0.2) is 42.5 Å². The van der Waals surface area contributed by atoms with Crippen molar-refractivity contribution >= 4 is 10.9 Å². The Morgan fingerprint density at radius 1 is 1.14 bits per heavy atom. The number of likely N-dealkylation sites (tertiary alicyclic amines) is 1. The molecule has 0 bridgehead atoms. The average Bonchev–Trinajstić information content (AvgIpc) is 3.12. The van der Waals surface area contributed by atoms with Gasteiger partial charge in [0, 0.05) is 30.6 Å². The fourth-order valence-corrected chi connectivity index (χ4v) is 3.94. The third kappa shape index (κ3) is 3.55. The van der Waals surface area contributed by atoms with Crippen molar-refractivity contribution in [2.45, 2.75) is 26.0 Å². The van der Waals surface area contributed by atoms with Crippen molar-refractivity contribution in [3.8, 4) is 22.8 Å². The standard InChI is InChI=1S/C23H26N2O3/c1-15-5-4-6-16-11-17(13-25-10-9-18(26)14-25)23(24-22(15)16)20-12-19(27-2)7-8-21(20)28-3/h4-8,11-12,18,26H,9-10,13-14H2,1-3H3/t18-/m1/s1. The topological polar surface area (TPSA) is 54.8 Å². The molecule has 1 N–H and O–H groups in total. The summed E-state index contributed by atoms with van der Waals surface area (Å²) in [5.41, 5.74) is 5.08. The zero-order valence-electron chi connectivity index (χ0n) is 16.6. The van der Waals surface area contributed by atoms with Crippen molar-refractivity contribution in [2.75, 3.05) is 27.3 Å². The van der Waals surface area contributed by atoms with Gasteiger partial charge in [-0.25, -0.2) is 4.98 Å². The van der Waals surface area contributed by atoms with E-state index in [1.807, 2.05) is 18.2 Å². The lowest BCUT2D eigenvalue weighted by atomic mass is 10.0. The molecule has 0 amide bonds. The van der Waals surface area contributed by atoms with Gasteiger partial charge in [0.1, 0.15) is 11.5 Å². The van der Waals surface area contributed by atoms with E-state index in [0.717, 1.165) is 64.3 Å². The molecule has 0 radical (unpaired) electrons. The van der Waals surface area contributed by atoms with Crippen LogP contribution in [0.25, 0.3) is 22.2 Å². The molecule has 1 aliphatic rings. The van der Waals surface area contributed by atoms with Crippen LogP contribution in [0.1, 0.15) is 17.5 Å². The molecule has 3 aromatic rings. The highest BCUT2D eigenvalue weighted by molar-refractivity contribution is 5.87. The van der Waals surface area contributed by atoms with E-state index in [1.165, 1.54) is 0 Å². The van der Waals surface area contributed by atoms with Gasteiger partial charge in [0.15, 0.2) is 0 Å². The van der Waals surface area contributed by atoms with Crippen LogP contribution in [0.2, 0.25) is 0 Å². The van der Waals surface area contributed by atoms with Crippen molar-refractivity contribution in [1.82, 2.24) is 9.88 Å². The Kier molecular flexibility index (Phi) is 5.20. The second-order valence-corrected chi connectivity index (χ2v) is 7.39. The third-order valence-electron chi connectivity index (χ3n) is 5.43. The van der Waals surface area contributed by atoms with Crippen molar-refractivity contribution in [3.05, 3.63) is 53.6 Å². The predicted molar refractivity (Wildman–Crippen MR) is 111 cm³/mol. The van der Waals surface area contributed by atoms with Gasteiger partial charge in [0.05, 0.1) is 31.5 Å². The fourth-order valence-electron chi connectivity index (χ4n) is 3.94. The van der Waals surface area contributed by atoms with Gasteiger partial charge in [-0.15, -0.1) is 0 Å². The van der Waals surface area contributed by atoms with Crippen LogP contribution in [0.4, 0.5) is 0 Å². The highest BCUT2D eigenvalue weighted by Gasteiger charge is 2.23. The lowest BCUT2D eigenvalue weighted by Crippen LogP contribution is -2.22. The number of aliphatic hydroxyl groups is 1. The van der Waals surface area contributed by atoms with Crippen LogP contribution < -0.4 is 9.47 Å². The Labute approximate surface area is 165 Å². The van der Waals surface area contributed by atoms with E-state index in [-0.39, 0.29) is 6.10 Å². The maximum atomic E-state index is 9.93. The van der Waals surface area contributed by atoms with E-state index in [2.05, 4.69) is 36.1 Å². The van der Waals surface area contributed by atoms with Gasteiger partial charge >= 0.3 is 0 Å². The van der Waals surface area contributed by atoms with Gasteiger partial charge in [-0.05, 0) is 48.7 Å². The van der Waals surface area contributed by atoms with E-state index in [9.17, 15) is 5.11 Å². The quantitative estimate of drug-likeness (QED) is 0.732. The molecule has 0 spiro atoms. The molecular formula is C23H26N2O3. The molecule has 1 fully saturated rings. The first kappa shape index (κ1) is 18.7. The Morgan fingerprint density at radius 2 is 2.00 bits per heavy atom. The molecule has 5 nitrogen and oxygen atoms in total. The van der Waals surface area contributed by atoms with Gasteiger partial charge in [-0.3, -0.25) is 4.90 Å². The zero-order chi connectivity index (χ0) is 19.7. The summed E-state index contributed by atoms with van der Waals surface area (Å²) in [4.78, 5) is 7.34. The average molecular weight is 378 g/mol. The van der Waals surface area contributed by atoms with Crippen molar-refractivity contribution in [2.24, 2.45) is 0 Å². The van der Waals surface area contributed by atoms with Crippen LogP contribution in [0.3, 0.4) is 0 Å². The molecule has 2 aromatic carbocycles. The lowest BCUT2D eigenvalue weighted by Gasteiger charge is -2.20. The number of ether oxygens (including phenoxy) is 2. The van der Waals surface area contributed by atoms with Crippen LogP contribution in [-0.4, -0.2) is 48.4 Å². The smallest absolute Gasteiger partial charge is 0.128 e. The van der Waals surface area contributed by atoms with Gasteiger partial charge in [0.2, 0.25) is 0 Å². The number of aliphatic hydroxyl groups excluding tert-OH is 1. The summed E-state index contributed by atoms with van der Waals surface area (Å²) in [5, 5.41) is 11.1. The monoisotopic (exact) mass is 378 g/mol. The number of hydrogen-bond acceptors (Lipinski definition) is 5. The van der Waals surface area contributed by atoms with Crippen LogP contribution in [-0.2, 0) is 6.54 Å². The number of pyridine rings is 1. The minimum Gasteiger partial charge on any atom is -0.497 e. The Bertz CT molecular complexity index is 1000. The highest BCUT2D eigenvalue weighted by Crippen LogP contribution is 2.36. The van der Waals surface area contributed by atoms with Crippen LogP contribution >= 0.6 is 0 Å². The van der Waals surface area contributed by atoms with E-state index in [1.54, 1.807) is 14.2 Å². The number of β-amino-alcohol motifs (C(OH)–C–C–N with tert-alkyl or cyclic N) is 1. The first-order valence-corrected chi connectivity index (χ1v) is 9.61. The highest BCUT2D eigenvalue weighted by atomic mass is 16.5. The summed E-state index contributed by atoms with van der Waals surface area (Å²) in [6, 6.07) is 14.3. The van der Waals surface area contributed by atoms with E-state index < -0.39 is 0 Å². The van der Waals surface area contributed by atoms with Crippen molar-refractivity contribution in [1.29, 1.82) is 0 Å². The molecule has 1 saturated heterocycles. The van der Waals surface area contributed by atoms with Crippen molar-refractivity contribution < 1.29 is 14.6 Å². The Morgan fingerprint density at radius 3 is 2.71 bits per heavy atom. The summed E-state index contributed by atoms with van der Waals surface area (Å²) in [7, 11) is 3.34. The molecule has 0 unspecified atom stereocenters. The zero-order valence-corrected chi connectivity index (χ0v) is 16.6. The molecule has 1 aromatic heterocycles. The van der Waals surface area contributed by atoms with Gasteiger partial charge < -0.3 is 14.6 Å². The van der Waals surface area contributed by atoms with Crippen LogP contribution in [0.5, 0.6) is 11.5 Å². The summed E-state index contributed by atoms with van der Waals surface area (Å²) in [6.45, 7) is 4.41. The number of rotatable bonds is 5. The molecule has 1 atom stereocenters. The molecule has 0 saturated carbocycles. The SMILES string of the molecule is COc1ccc(OC)c(-c2nc3c(C)cccc3cc2CN2CC[C@@H](O)C2)c1. The molecule has 1 aliphatic heterocycles. The predicted octanol–water partition coefficient (Wildman–Crippen LogP) is 3.79. The number of aromatic nitrogens is 1. The number of aryl methyl sites for hydroxylation is 1. The molecule has 28 heavy (non-hydrogen) atoms. The number of hydrogen-bond donors (Lipinski definition) is 1. The minimum absolute atomic E-state index is 0.245. The number of nitrogens with zero attached hydrogens (tertiary/aromatic N) is 2. The Balaban J connectivity index is 1.90. The number of methoxy groups -OCH3 is 2. The maximum Gasteiger partial charge on any atom is 0.128 e. The number of fused-ring (bicyclic) bond motifs is 1. The summed E-state index contributed by atoms with van der Waals surface area (Å²) in [6.07, 6.45) is 0.572. The van der Waals surface area contributed by atoms with Gasteiger partial charge in [0.25, 0.3) is 0 Å². The third-order valence-corrected chi connectivity index (χ3v) is 5.43.